The van der Waals surface area contributed by atoms with Gasteiger partial charge in [-0.3, -0.25) is 9.59 Å². The van der Waals surface area contributed by atoms with Crippen molar-refractivity contribution in [1.82, 2.24) is 4.90 Å². The highest BCUT2D eigenvalue weighted by Gasteiger charge is 2.34. The van der Waals surface area contributed by atoms with Gasteiger partial charge < -0.3 is 18.8 Å². The molecule has 2 aromatic carbocycles. The monoisotopic (exact) mass is 527 g/mol. The van der Waals surface area contributed by atoms with E-state index in [0.717, 1.165) is 6.07 Å². The first-order chi connectivity index (χ1) is 17.5. The van der Waals surface area contributed by atoms with Crippen molar-refractivity contribution in [3.63, 3.8) is 0 Å². The molecular weight excluding hydrogens is 501 g/mol. The number of esters is 1. The lowest BCUT2D eigenvalue weighted by molar-refractivity contribution is -0.162. The second kappa shape index (κ2) is 10.5. The number of likely N-dealkylation sites (tertiary alicyclic amines) is 1. The third-order valence-electron chi connectivity index (χ3n) is 6.22. The van der Waals surface area contributed by atoms with Crippen molar-refractivity contribution in [3.8, 4) is 11.1 Å². The van der Waals surface area contributed by atoms with Crippen LogP contribution >= 0.6 is 11.6 Å². The maximum absolute atomic E-state index is 13.5. The Labute approximate surface area is 218 Å². The number of benzene rings is 2. The number of fused-ring (bicyclic) bond motifs is 1. The molecule has 9 heteroatoms. The highest BCUT2D eigenvalue weighted by molar-refractivity contribution is 6.33. The van der Waals surface area contributed by atoms with Gasteiger partial charge in [-0.05, 0) is 63.4 Å². The van der Waals surface area contributed by atoms with E-state index in [4.69, 9.17) is 20.8 Å². The zero-order chi connectivity index (χ0) is 26.9. The summed E-state index contributed by atoms with van der Waals surface area (Å²) in [4.78, 5) is 51.8. The van der Waals surface area contributed by atoms with Gasteiger partial charge in [-0.15, -0.1) is 0 Å². The van der Waals surface area contributed by atoms with Gasteiger partial charge in [0.1, 0.15) is 29.2 Å². The summed E-state index contributed by atoms with van der Waals surface area (Å²) in [5, 5.41) is 0.637. The summed E-state index contributed by atoms with van der Waals surface area (Å²) in [6.07, 6.45) is 1.75. The van der Waals surface area contributed by atoms with Gasteiger partial charge in [0.25, 0.3) is 0 Å². The van der Waals surface area contributed by atoms with E-state index in [1.807, 2.05) is 0 Å². The quantitative estimate of drug-likeness (QED) is 0.198. The van der Waals surface area contributed by atoms with Gasteiger partial charge in [0, 0.05) is 35.7 Å². The number of nitrogens with zero attached hydrogens (tertiary/aromatic N) is 1. The van der Waals surface area contributed by atoms with E-state index in [0.29, 0.717) is 47.7 Å². The average Bonchev–Trinajstić information content (AvgIpc) is 2.83. The molecule has 3 aromatic rings. The van der Waals surface area contributed by atoms with Gasteiger partial charge in [0.2, 0.25) is 5.91 Å². The lowest BCUT2D eigenvalue weighted by Gasteiger charge is -2.34. The van der Waals surface area contributed by atoms with Gasteiger partial charge >= 0.3 is 11.6 Å². The third-order valence-corrected chi connectivity index (χ3v) is 6.54. The van der Waals surface area contributed by atoms with Crippen molar-refractivity contribution < 1.29 is 27.9 Å². The van der Waals surface area contributed by atoms with Crippen LogP contribution in [-0.2, 0) is 19.1 Å². The fraction of sp³-hybridized carbons (Fsp3) is 0.357. The minimum absolute atomic E-state index is 0.126. The number of carbonyl (C=O) groups excluding carboxylic acids is 3. The van der Waals surface area contributed by atoms with Crippen molar-refractivity contribution in [1.29, 1.82) is 0 Å². The maximum Gasteiger partial charge on any atom is 0.336 e. The Morgan fingerprint density at radius 1 is 1.16 bits per heavy atom. The van der Waals surface area contributed by atoms with Gasteiger partial charge in [-0.1, -0.05) is 23.7 Å². The minimum atomic E-state index is -1.15. The summed E-state index contributed by atoms with van der Waals surface area (Å²) >= 11 is 6.22. The number of hydrogen-bond acceptors (Lipinski definition) is 6. The first-order valence-electron chi connectivity index (χ1n) is 12.0. The summed E-state index contributed by atoms with van der Waals surface area (Å²) < 4.78 is 24.4. The van der Waals surface area contributed by atoms with Gasteiger partial charge in [-0.25, -0.2) is 9.18 Å². The topological polar surface area (TPSA) is 93.9 Å². The molecule has 1 aliphatic heterocycles. The van der Waals surface area contributed by atoms with Crippen molar-refractivity contribution in [2.45, 2.75) is 45.1 Å². The molecule has 0 bridgehead atoms. The fourth-order valence-corrected chi connectivity index (χ4v) is 4.80. The van der Waals surface area contributed by atoms with Crippen LogP contribution in [0.4, 0.5) is 4.39 Å². The van der Waals surface area contributed by atoms with Crippen LogP contribution in [0.25, 0.3) is 22.1 Å². The maximum atomic E-state index is 13.5. The smallest absolute Gasteiger partial charge is 0.336 e. The SMILES string of the molecule is CC(C)(C)OC(=O)[C@H]1CCCN(C(=O)[C@@H](C=O)c2ccc3c(-c4ccc(F)cc4Cl)cc(=O)oc3c2)C1. The number of hydrogen-bond donors (Lipinski definition) is 0. The van der Waals surface area contributed by atoms with Gasteiger partial charge in [-0.2, -0.15) is 0 Å². The molecule has 1 aliphatic rings. The number of halogens is 2. The van der Waals surface area contributed by atoms with Crippen molar-refractivity contribution in [2.24, 2.45) is 5.92 Å². The first kappa shape index (κ1) is 26.5. The predicted molar refractivity (Wildman–Crippen MR) is 137 cm³/mol. The molecular formula is C28H27ClFNO6. The molecule has 0 spiro atoms. The van der Waals surface area contributed by atoms with Crippen LogP contribution in [0, 0.1) is 11.7 Å². The molecule has 1 amide bonds. The lowest BCUT2D eigenvalue weighted by Crippen LogP contribution is -2.45. The third kappa shape index (κ3) is 5.91. The van der Waals surface area contributed by atoms with E-state index in [9.17, 15) is 23.6 Å². The van der Waals surface area contributed by atoms with Crippen molar-refractivity contribution >= 4 is 40.7 Å². The summed E-state index contributed by atoms with van der Waals surface area (Å²) in [6.45, 7) is 5.93. The van der Waals surface area contributed by atoms with Crippen LogP contribution in [-0.4, -0.2) is 41.8 Å². The highest BCUT2D eigenvalue weighted by atomic mass is 35.5. The van der Waals surface area contributed by atoms with Gasteiger partial charge in [0.05, 0.1) is 10.9 Å². The normalized spacial score (nSPS) is 16.9. The van der Waals surface area contributed by atoms with Gasteiger partial charge in [0.15, 0.2) is 0 Å². The molecule has 0 N–H and O–H groups in total. The molecule has 194 valence electrons. The van der Waals surface area contributed by atoms with E-state index in [2.05, 4.69) is 0 Å². The molecule has 0 aliphatic carbocycles. The predicted octanol–water partition coefficient (Wildman–Crippen LogP) is 5.12. The molecule has 1 saturated heterocycles. The number of amides is 1. The van der Waals surface area contributed by atoms with E-state index in [-0.39, 0.29) is 23.1 Å². The van der Waals surface area contributed by atoms with E-state index < -0.39 is 34.8 Å². The Morgan fingerprint density at radius 2 is 1.92 bits per heavy atom. The molecule has 0 unspecified atom stereocenters. The van der Waals surface area contributed by atoms with Crippen LogP contribution in [0.2, 0.25) is 5.02 Å². The zero-order valence-corrected chi connectivity index (χ0v) is 21.5. The fourth-order valence-electron chi connectivity index (χ4n) is 4.53. The molecule has 7 nitrogen and oxygen atoms in total. The molecule has 2 heterocycles. The molecule has 2 atom stereocenters. The Balaban J connectivity index is 1.64. The van der Waals surface area contributed by atoms with Crippen molar-refractivity contribution in [2.75, 3.05) is 13.1 Å². The Hall–Kier alpha value is -3.52. The molecule has 37 heavy (non-hydrogen) atoms. The number of carbonyl (C=O) groups is 3. The molecule has 0 radical (unpaired) electrons. The lowest BCUT2D eigenvalue weighted by atomic mass is 9.93. The summed E-state index contributed by atoms with van der Waals surface area (Å²) in [5.41, 5.74) is 0.0833. The molecule has 1 aromatic heterocycles. The number of rotatable bonds is 5. The molecule has 1 fully saturated rings. The molecule has 0 saturated carbocycles. The summed E-state index contributed by atoms with van der Waals surface area (Å²) in [6, 6.07) is 9.82. The van der Waals surface area contributed by atoms with Crippen LogP contribution in [0.3, 0.4) is 0 Å². The zero-order valence-electron chi connectivity index (χ0n) is 20.8. The number of ether oxygens (including phenoxy) is 1. The van der Waals surface area contributed by atoms with Crippen LogP contribution in [0.1, 0.15) is 45.1 Å². The van der Waals surface area contributed by atoms with E-state index in [1.165, 1.54) is 29.2 Å². The largest absolute Gasteiger partial charge is 0.460 e. The number of aldehydes is 1. The van der Waals surface area contributed by atoms with Crippen LogP contribution in [0.5, 0.6) is 0 Å². The Kier molecular flexibility index (Phi) is 7.50. The van der Waals surface area contributed by atoms with E-state index >= 15 is 0 Å². The van der Waals surface area contributed by atoms with E-state index in [1.54, 1.807) is 32.9 Å². The molecule has 4 rings (SSSR count). The van der Waals surface area contributed by atoms with Crippen LogP contribution < -0.4 is 5.63 Å². The second-order valence-electron chi connectivity index (χ2n) is 10.1. The standard InChI is InChI=1S/C28H27ClFNO6/c1-28(2,3)37-27(35)17-5-4-10-31(14-17)26(34)22(15-32)16-6-8-20-21(13-25(33)36-24(20)11-16)19-9-7-18(30)12-23(19)29/h6-9,11-13,15,17,22H,4-5,10,14H2,1-3H3/t17-,22-/m0/s1. The first-order valence-corrected chi connectivity index (χ1v) is 12.3. The Bertz CT molecular complexity index is 1430. The summed E-state index contributed by atoms with van der Waals surface area (Å²) in [5.74, 6) is -2.94. The highest BCUT2D eigenvalue weighted by Crippen LogP contribution is 2.34. The number of piperidine rings is 1. The average molecular weight is 528 g/mol. The van der Waals surface area contributed by atoms with Crippen molar-refractivity contribution in [3.05, 3.63) is 69.3 Å². The Morgan fingerprint density at radius 3 is 2.59 bits per heavy atom. The minimum Gasteiger partial charge on any atom is -0.460 e. The second-order valence-corrected chi connectivity index (χ2v) is 10.5. The summed E-state index contributed by atoms with van der Waals surface area (Å²) in [7, 11) is 0. The van der Waals surface area contributed by atoms with Crippen LogP contribution in [0.15, 0.2) is 51.7 Å².